The van der Waals surface area contributed by atoms with Crippen molar-refractivity contribution in [3.8, 4) is 0 Å². The van der Waals surface area contributed by atoms with E-state index in [0.717, 1.165) is 0 Å². The van der Waals surface area contributed by atoms with Crippen molar-refractivity contribution in [2.45, 2.75) is 18.7 Å². The summed E-state index contributed by atoms with van der Waals surface area (Å²) in [7, 11) is -3.95. The van der Waals surface area contributed by atoms with Gasteiger partial charge in [-0.25, -0.2) is 18.2 Å². The number of aryl methyl sites for hydroxylation is 1. The summed E-state index contributed by atoms with van der Waals surface area (Å²) in [6, 6.07) is 3.29. The summed E-state index contributed by atoms with van der Waals surface area (Å²) in [4.78, 5) is 17.5. The molecule has 21 heavy (non-hydrogen) atoms. The van der Waals surface area contributed by atoms with Gasteiger partial charge in [0.1, 0.15) is 10.6 Å². The first-order valence-corrected chi connectivity index (χ1v) is 8.07. The third-order valence-corrected chi connectivity index (χ3v) is 5.09. The number of pyridine rings is 1. The van der Waals surface area contributed by atoms with Crippen LogP contribution in [0.2, 0.25) is 0 Å². The second-order valence-corrected chi connectivity index (χ2v) is 6.80. The molecule has 7 nitrogen and oxygen atoms in total. The summed E-state index contributed by atoms with van der Waals surface area (Å²) in [5, 5.41) is 9.04. The minimum atomic E-state index is -3.95. The molecule has 0 aliphatic heterocycles. The fourth-order valence-electron chi connectivity index (χ4n) is 1.99. The first kappa shape index (κ1) is 15.5. The van der Waals surface area contributed by atoms with Crippen molar-refractivity contribution in [1.29, 1.82) is 0 Å². The van der Waals surface area contributed by atoms with Crippen molar-refractivity contribution in [2.24, 2.45) is 0 Å². The van der Waals surface area contributed by atoms with Gasteiger partial charge >= 0.3 is 5.97 Å². The quantitative estimate of drug-likeness (QED) is 0.760. The van der Waals surface area contributed by atoms with Crippen LogP contribution >= 0.6 is 15.9 Å². The molecule has 0 spiro atoms. The van der Waals surface area contributed by atoms with E-state index in [2.05, 4.69) is 30.6 Å². The maximum atomic E-state index is 12.4. The zero-order chi connectivity index (χ0) is 15.8. The molecule has 2 rings (SSSR count). The van der Waals surface area contributed by atoms with E-state index in [1.165, 1.54) is 20.0 Å². The fourth-order valence-corrected chi connectivity index (χ4v) is 3.95. The lowest BCUT2D eigenvalue weighted by Gasteiger charge is -2.09. The first-order chi connectivity index (χ1) is 9.74. The number of rotatable bonds is 4. The Morgan fingerprint density at radius 1 is 1.43 bits per heavy atom. The predicted molar refractivity (Wildman–Crippen MR) is 80.0 cm³/mol. The number of hydrogen-bond donors (Lipinski definition) is 3. The third kappa shape index (κ3) is 2.93. The van der Waals surface area contributed by atoms with Crippen LogP contribution in [0, 0.1) is 13.8 Å². The molecular weight excluding hydrogens is 362 g/mol. The van der Waals surface area contributed by atoms with E-state index in [1.807, 2.05) is 0 Å². The molecule has 0 amide bonds. The third-order valence-electron chi connectivity index (χ3n) is 2.84. The number of nitrogens with zero attached hydrogens (tertiary/aromatic N) is 1. The highest BCUT2D eigenvalue weighted by atomic mass is 79.9. The number of hydrogen-bond acceptors (Lipinski definition) is 4. The maximum Gasteiger partial charge on any atom is 0.352 e. The normalized spacial score (nSPS) is 11.4. The predicted octanol–water partition coefficient (Wildman–Crippen LogP) is 2.29. The van der Waals surface area contributed by atoms with Crippen LogP contribution in [0.5, 0.6) is 0 Å². The number of sulfonamides is 1. The van der Waals surface area contributed by atoms with Crippen LogP contribution < -0.4 is 4.72 Å². The molecule has 3 N–H and O–H groups in total. The molecule has 0 bridgehead atoms. The molecule has 0 aliphatic carbocycles. The number of carboxylic acid groups (broad SMARTS) is 1. The van der Waals surface area contributed by atoms with Gasteiger partial charge in [0.15, 0.2) is 5.82 Å². The number of carboxylic acids is 1. The highest BCUT2D eigenvalue weighted by Crippen LogP contribution is 2.27. The number of aromatic nitrogens is 2. The summed E-state index contributed by atoms with van der Waals surface area (Å²) in [6.45, 7) is 2.94. The van der Waals surface area contributed by atoms with E-state index in [-0.39, 0.29) is 27.7 Å². The second kappa shape index (κ2) is 5.49. The second-order valence-electron chi connectivity index (χ2n) is 4.32. The topological polar surface area (TPSA) is 112 Å². The van der Waals surface area contributed by atoms with Crippen molar-refractivity contribution in [1.82, 2.24) is 9.97 Å². The Balaban J connectivity index is 2.51. The highest BCUT2D eigenvalue weighted by Gasteiger charge is 2.27. The van der Waals surface area contributed by atoms with Crippen molar-refractivity contribution < 1.29 is 18.3 Å². The Labute approximate surface area is 129 Å². The summed E-state index contributed by atoms with van der Waals surface area (Å²) in [5.41, 5.74) is 0.261. The molecule has 2 aromatic rings. The average molecular weight is 374 g/mol. The first-order valence-electron chi connectivity index (χ1n) is 5.80. The zero-order valence-electron chi connectivity index (χ0n) is 11.1. The van der Waals surface area contributed by atoms with Gasteiger partial charge in [-0.3, -0.25) is 4.72 Å². The number of aromatic carboxylic acids is 1. The summed E-state index contributed by atoms with van der Waals surface area (Å²) >= 11 is 3.20. The number of halogens is 1. The van der Waals surface area contributed by atoms with Crippen molar-refractivity contribution in [2.75, 3.05) is 4.72 Å². The van der Waals surface area contributed by atoms with Gasteiger partial charge in [-0.15, -0.1) is 0 Å². The average Bonchev–Trinajstić information content (AvgIpc) is 2.68. The van der Waals surface area contributed by atoms with Gasteiger partial charge in [0, 0.05) is 17.5 Å². The lowest BCUT2D eigenvalue weighted by Crippen LogP contribution is -2.16. The van der Waals surface area contributed by atoms with Gasteiger partial charge in [-0.1, -0.05) is 0 Å². The van der Waals surface area contributed by atoms with E-state index in [4.69, 9.17) is 5.11 Å². The molecule has 112 valence electrons. The minimum Gasteiger partial charge on any atom is -0.477 e. The van der Waals surface area contributed by atoms with Crippen molar-refractivity contribution >= 4 is 37.7 Å². The van der Waals surface area contributed by atoms with Gasteiger partial charge < -0.3 is 10.1 Å². The van der Waals surface area contributed by atoms with E-state index < -0.39 is 16.0 Å². The molecule has 0 aliphatic rings. The zero-order valence-corrected chi connectivity index (χ0v) is 13.5. The Bertz CT molecular complexity index is 814. The Kier molecular flexibility index (Phi) is 4.06. The molecule has 0 unspecified atom stereocenters. The van der Waals surface area contributed by atoms with Gasteiger partial charge in [-0.05, 0) is 41.9 Å². The van der Waals surface area contributed by atoms with Crippen LogP contribution in [0.25, 0.3) is 0 Å². The van der Waals surface area contributed by atoms with Crippen LogP contribution in [0.15, 0.2) is 27.7 Å². The minimum absolute atomic E-state index is 0.0857. The fraction of sp³-hybridized carbons (Fsp3) is 0.167. The van der Waals surface area contributed by atoms with E-state index >= 15 is 0 Å². The van der Waals surface area contributed by atoms with Gasteiger partial charge in [0.25, 0.3) is 10.0 Å². The van der Waals surface area contributed by atoms with Crippen LogP contribution in [0.3, 0.4) is 0 Å². The maximum absolute atomic E-state index is 12.4. The van der Waals surface area contributed by atoms with Gasteiger partial charge in [0.2, 0.25) is 0 Å². The van der Waals surface area contributed by atoms with Crippen molar-refractivity contribution in [3.63, 3.8) is 0 Å². The molecule has 2 aromatic heterocycles. The van der Waals surface area contributed by atoms with E-state index in [1.54, 1.807) is 12.1 Å². The van der Waals surface area contributed by atoms with E-state index in [0.29, 0.717) is 4.47 Å². The summed E-state index contributed by atoms with van der Waals surface area (Å²) < 4.78 is 27.7. The molecule has 0 aromatic carbocycles. The highest BCUT2D eigenvalue weighted by molar-refractivity contribution is 9.10. The lowest BCUT2D eigenvalue weighted by atomic mass is 10.2. The Morgan fingerprint density at radius 3 is 2.62 bits per heavy atom. The van der Waals surface area contributed by atoms with Crippen LogP contribution in [0.1, 0.15) is 21.7 Å². The standard InChI is InChI=1S/C12H12BrN3O4S/c1-6-9(12(17)18)15-7(2)10(6)21(19,20)16-11-8(13)4-3-5-14-11/h3-5,15H,1-2H3,(H,14,16)(H,17,18). The van der Waals surface area contributed by atoms with Crippen molar-refractivity contribution in [3.05, 3.63) is 39.8 Å². The van der Waals surface area contributed by atoms with Crippen LogP contribution in [-0.2, 0) is 10.0 Å². The largest absolute Gasteiger partial charge is 0.477 e. The van der Waals surface area contributed by atoms with E-state index in [9.17, 15) is 13.2 Å². The molecule has 0 saturated carbocycles. The van der Waals surface area contributed by atoms with Crippen LogP contribution in [-0.4, -0.2) is 29.5 Å². The molecule has 0 radical (unpaired) electrons. The summed E-state index contributed by atoms with van der Waals surface area (Å²) in [5.74, 6) is -1.08. The molecule has 9 heteroatoms. The summed E-state index contributed by atoms with van der Waals surface area (Å²) in [6.07, 6.45) is 1.45. The van der Waals surface area contributed by atoms with Crippen LogP contribution in [0.4, 0.5) is 5.82 Å². The Morgan fingerprint density at radius 2 is 2.10 bits per heavy atom. The monoisotopic (exact) mass is 373 g/mol. The molecule has 0 atom stereocenters. The molecular formula is C12H12BrN3O4S. The van der Waals surface area contributed by atoms with Gasteiger partial charge in [-0.2, -0.15) is 0 Å². The Hall–Kier alpha value is -1.87. The molecule has 2 heterocycles. The number of nitrogens with one attached hydrogen (secondary N) is 2. The number of H-pyrrole nitrogens is 1. The number of carbonyl (C=O) groups is 1. The van der Waals surface area contributed by atoms with Gasteiger partial charge in [0.05, 0.1) is 4.47 Å². The lowest BCUT2D eigenvalue weighted by molar-refractivity contribution is 0.0690. The smallest absolute Gasteiger partial charge is 0.352 e. The molecule has 0 saturated heterocycles. The number of aromatic amines is 1. The SMILES string of the molecule is Cc1[nH]c(C(=O)O)c(C)c1S(=O)(=O)Nc1ncccc1Br. The molecule has 0 fully saturated rings. The number of anilines is 1.